The number of aryl methyl sites for hydroxylation is 2. The molecule has 2 N–H and O–H groups in total. The summed E-state index contributed by atoms with van der Waals surface area (Å²) < 4.78 is 0. The summed E-state index contributed by atoms with van der Waals surface area (Å²) in [6.07, 6.45) is 5.38. The summed E-state index contributed by atoms with van der Waals surface area (Å²) in [4.78, 5) is 25.3. The predicted molar refractivity (Wildman–Crippen MR) is 96.4 cm³/mol. The number of likely N-dealkylation sites (tertiary alicyclic amines) is 1. The van der Waals surface area contributed by atoms with Gasteiger partial charge in [0.15, 0.2) is 0 Å². The van der Waals surface area contributed by atoms with E-state index in [-0.39, 0.29) is 17.7 Å². The van der Waals surface area contributed by atoms with E-state index in [0.29, 0.717) is 6.54 Å². The van der Waals surface area contributed by atoms with Gasteiger partial charge < -0.3 is 14.8 Å². The molecule has 0 aromatic carbocycles. The maximum absolute atomic E-state index is 13.1. The predicted octanol–water partition coefficient (Wildman–Crippen LogP) is 1.35. The van der Waals surface area contributed by atoms with E-state index in [1.54, 1.807) is 0 Å². The standard InChI is InChI=1S/C18H28N6O/c1-5-16-21-12(2)17(22-16)14-10-23(3)11-15(14)18(25)24(4)7-6-13-8-19-20-9-13/h8-9,14-15H,5-7,10-11H2,1-4H3,(H,19,20)(H,21,22)/t14-,15-/m0/s1. The molecule has 7 heteroatoms. The lowest BCUT2D eigenvalue weighted by atomic mass is 9.90. The zero-order valence-corrected chi connectivity index (χ0v) is 15.5. The van der Waals surface area contributed by atoms with Gasteiger partial charge in [0.25, 0.3) is 0 Å². The van der Waals surface area contributed by atoms with Crippen LogP contribution < -0.4 is 0 Å². The summed E-state index contributed by atoms with van der Waals surface area (Å²) in [7, 11) is 3.97. The van der Waals surface area contributed by atoms with Crippen LogP contribution in [-0.4, -0.2) is 69.6 Å². The molecule has 0 saturated carbocycles. The van der Waals surface area contributed by atoms with Crippen molar-refractivity contribution in [3.8, 4) is 0 Å². The summed E-state index contributed by atoms with van der Waals surface area (Å²) in [5.74, 6) is 1.33. The van der Waals surface area contributed by atoms with Crippen molar-refractivity contribution in [2.24, 2.45) is 5.92 Å². The molecular weight excluding hydrogens is 316 g/mol. The fraction of sp³-hybridized carbons (Fsp3) is 0.611. The van der Waals surface area contributed by atoms with E-state index in [2.05, 4.69) is 41.0 Å². The van der Waals surface area contributed by atoms with Crippen molar-refractivity contribution in [3.63, 3.8) is 0 Å². The van der Waals surface area contributed by atoms with Crippen molar-refractivity contribution in [2.45, 2.75) is 32.6 Å². The minimum Gasteiger partial charge on any atom is -0.346 e. The van der Waals surface area contributed by atoms with Crippen molar-refractivity contribution < 1.29 is 4.79 Å². The minimum absolute atomic E-state index is 0.0361. The van der Waals surface area contributed by atoms with Crippen LogP contribution in [0.5, 0.6) is 0 Å². The highest BCUT2D eigenvalue weighted by atomic mass is 16.2. The van der Waals surface area contributed by atoms with Gasteiger partial charge in [-0.3, -0.25) is 9.89 Å². The molecule has 1 aliphatic heterocycles. The van der Waals surface area contributed by atoms with E-state index in [1.807, 2.05) is 24.3 Å². The molecule has 1 fully saturated rings. The number of nitrogens with zero attached hydrogens (tertiary/aromatic N) is 4. The number of rotatable bonds is 6. The van der Waals surface area contributed by atoms with E-state index >= 15 is 0 Å². The van der Waals surface area contributed by atoms with Gasteiger partial charge in [-0.2, -0.15) is 5.10 Å². The third kappa shape index (κ3) is 3.76. The highest BCUT2D eigenvalue weighted by molar-refractivity contribution is 5.80. The van der Waals surface area contributed by atoms with Crippen LogP contribution in [0.25, 0.3) is 0 Å². The zero-order valence-electron chi connectivity index (χ0n) is 15.5. The molecule has 2 atom stereocenters. The maximum atomic E-state index is 13.1. The molecule has 0 bridgehead atoms. The lowest BCUT2D eigenvalue weighted by Gasteiger charge is -2.24. The van der Waals surface area contributed by atoms with E-state index in [9.17, 15) is 4.79 Å². The molecule has 0 spiro atoms. The fourth-order valence-corrected chi connectivity index (χ4v) is 3.70. The molecule has 0 radical (unpaired) electrons. The third-order valence-corrected chi connectivity index (χ3v) is 5.14. The summed E-state index contributed by atoms with van der Waals surface area (Å²) >= 11 is 0. The van der Waals surface area contributed by atoms with Crippen LogP contribution in [0.3, 0.4) is 0 Å². The molecule has 0 aliphatic carbocycles. The van der Waals surface area contributed by atoms with Gasteiger partial charge in [0.05, 0.1) is 17.8 Å². The molecule has 1 aliphatic rings. The second kappa shape index (κ2) is 7.39. The van der Waals surface area contributed by atoms with Gasteiger partial charge in [-0.1, -0.05) is 6.92 Å². The van der Waals surface area contributed by atoms with E-state index in [4.69, 9.17) is 4.98 Å². The zero-order chi connectivity index (χ0) is 18.0. The average Bonchev–Trinajstić information content (AvgIpc) is 3.31. The number of carbonyl (C=O) groups excluding carboxylic acids is 1. The maximum Gasteiger partial charge on any atom is 0.227 e. The van der Waals surface area contributed by atoms with Gasteiger partial charge in [-0.15, -0.1) is 0 Å². The van der Waals surface area contributed by atoms with Gasteiger partial charge in [0, 0.05) is 50.9 Å². The molecule has 3 rings (SSSR count). The second-order valence-corrected chi connectivity index (χ2v) is 7.10. The van der Waals surface area contributed by atoms with Crippen molar-refractivity contribution in [1.82, 2.24) is 30.0 Å². The van der Waals surface area contributed by atoms with Crippen molar-refractivity contribution in [3.05, 3.63) is 35.2 Å². The summed E-state index contributed by atoms with van der Waals surface area (Å²) in [5, 5.41) is 6.77. The number of nitrogens with one attached hydrogen (secondary N) is 2. The van der Waals surface area contributed by atoms with Crippen molar-refractivity contribution in [1.29, 1.82) is 0 Å². The van der Waals surface area contributed by atoms with E-state index in [0.717, 1.165) is 48.7 Å². The number of H-pyrrole nitrogens is 2. The topological polar surface area (TPSA) is 80.9 Å². The lowest BCUT2D eigenvalue weighted by Crippen LogP contribution is -2.37. The first kappa shape index (κ1) is 17.7. The van der Waals surface area contributed by atoms with Crippen LogP contribution >= 0.6 is 0 Å². The molecule has 7 nitrogen and oxygen atoms in total. The van der Waals surface area contributed by atoms with Crippen LogP contribution in [0, 0.1) is 12.8 Å². The average molecular weight is 344 g/mol. The molecule has 1 saturated heterocycles. The Bertz CT molecular complexity index is 707. The highest BCUT2D eigenvalue weighted by Gasteiger charge is 2.40. The summed E-state index contributed by atoms with van der Waals surface area (Å²) in [6, 6.07) is 0. The molecule has 3 heterocycles. The quantitative estimate of drug-likeness (QED) is 0.829. The Labute approximate surface area is 148 Å². The Morgan fingerprint density at radius 2 is 2.24 bits per heavy atom. The monoisotopic (exact) mass is 344 g/mol. The highest BCUT2D eigenvalue weighted by Crippen LogP contribution is 2.33. The van der Waals surface area contributed by atoms with Crippen LogP contribution in [0.2, 0.25) is 0 Å². The van der Waals surface area contributed by atoms with Crippen LogP contribution in [0.4, 0.5) is 0 Å². The second-order valence-electron chi connectivity index (χ2n) is 7.10. The largest absolute Gasteiger partial charge is 0.346 e. The number of hydrogen-bond donors (Lipinski definition) is 2. The molecule has 2 aromatic rings. The number of carbonyl (C=O) groups is 1. The molecule has 1 amide bonds. The van der Waals surface area contributed by atoms with Gasteiger partial charge in [-0.05, 0) is 26.0 Å². The third-order valence-electron chi connectivity index (χ3n) is 5.14. The first-order valence-corrected chi connectivity index (χ1v) is 8.96. The van der Waals surface area contributed by atoms with Gasteiger partial charge >= 0.3 is 0 Å². The minimum atomic E-state index is -0.0361. The van der Waals surface area contributed by atoms with Crippen LogP contribution in [-0.2, 0) is 17.6 Å². The first-order chi connectivity index (χ1) is 12.0. The van der Waals surface area contributed by atoms with Gasteiger partial charge in [0.1, 0.15) is 5.82 Å². The first-order valence-electron chi connectivity index (χ1n) is 8.96. The van der Waals surface area contributed by atoms with E-state index in [1.165, 1.54) is 0 Å². The Morgan fingerprint density at radius 3 is 2.88 bits per heavy atom. The molecule has 2 aromatic heterocycles. The summed E-state index contributed by atoms with van der Waals surface area (Å²) in [5.41, 5.74) is 3.27. The normalized spacial score (nSPS) is 21.0. The smallest absolute Gasteiger partial charge is 0.227 e. The SMILES string of the molecule is CCc1nc([C@H]2CN(C)C[C@@H]2C(=O)N(C)CCc2cn[nH]c2)c(C)[nH]1. The number of amides is 1. The molecule has 136 valence electrons. The molecular formula is C18H28N6O. The van der Waals surface area contributed by atoms with Crippen LogP contribution in [0.1, 0.15) is 35.6 Å². The Hall–Kier alpha value is -2.15. The number of aromatic amines is 2. The molecule has 0 unspecified atom stereocenters. The lowest BCUT2D eigenvalue weighted by molar-refractivity contribution is -0.134. The Morgan fingerprint density at radius 1 is 1.44 bits per heavy atom. The summed E-state index contributed by atoms with van der Waals surface area (Å²) in [6.45, 7) is 6.51. The number of likely N-dealkylation sites (N-methyl/N-ethyl adjacent to an activating group) is 2. The Kier molecular flexibility index (Phi) is 5.22. The number of hydrogen-bond acceptors (Lipinski definition) is 4. The van der Waals surface area contributed by atoms with Crippen molar-refractivity contribution >= 4 is 5.91 Å². The fourth-order valence-electron chi connectivity index (χ4n) is 3.70. The van der Waals surface area contributed by atoms with E-state index < -0.39 is 0 Å². The van der Waals surface area contributed by atoms with Crippen molar-refractivity contribution in [2.75, 3.05) is 33.7 Å². The van der Waals surface area contributed by atoms with Gasteiger partial charge in [-0.25, -0.2) is 4.98 Å². The number of imidazole rings is 1. The number of aromatic nitrogens is 4. The Balaban J connectivity index is 1.71. The van der Waals surface area contributed by atoms with Crippen LogP contribution in [0.15, 0.2) is 12.4 Å². The molecule has 25 heavy (non-hydrogen) atoms. The van der Waals surface area contributed by atoms with Gasteiger partial charge in [0.2, 0.25) is 5.91 Å².